The highest BCUT2D eigenvalue weighted by Gasteiger charge is 2.21. The van der Waals surface area contributed by atoms with E-state index in [2.05, 4.69) is 51.5 Å². The lowest BCUT2D eigenvalue weighted by atomic mass is 10.1. The Labute approximate surface area is 185 Å². The average Bonchev–Trinajstić information content (AvgIpc) is 2.73. The van der Waals surface area contributed by atoms with Crippen LogP contribution in [0.25, 0.3) is 0 Å². The van der Waals surface area contributed by atoms with Gasteiger partial charge in [-0.25, -0.2) is 0 Å². The topological polar surface area (TPSA) is 55.9 Å². The quantitative estimate of drug-likeness (QED) is 0.746. The number of hydrogen-bond donors (Lipinski definition) is 1. The van der Waals surface area contributed by atoms with Gasteiger partial charge >= 0.3 is 0 Å². The molecule has 0 unspecified atom stereocenters. The Morgan fingerprint density at radius 3 is 2.13 bits per heavy atom. The minimum absolute atomic E-state index is 0.0241. The number of nitrogens with zero attached hydrogens (tertiary/aromatic N) is 3. The summed E-state index contributed by atoms with van der Waals surface area (Å²) in [6, 6.07) is 14.6. The Morgan fingerprint density at radius 1 is 0.935 bits per heavy atom. The molecule has 0 radical (unpaired) electrons. The number of rotatable bonds is 7. The Morgan fingerprint density at radius 2 is 1.52 bits per heavy atom. The monoisotopic (exact) mass is 422 g/mol. The Kier molecular flexibility index (Phi) is 7.82. The molecule has 0 spiro atoms. The van der Waals surface area contributed by atoms with E-state index in [9.17, 15) is 9.59 Å². The van der Waals surface area contributed by atoms with Gasteiger partial charge in [0, 0.05) is 45.5 Å². The summed E-state index contributed by atoms with van der Waals surface area (Å²) in [6.45, 7) is 11.0. The minimum Gasteiger partial charge on any atom is -0.335 e. The van der Waals surface area contributed by atoms with E-state index in [1.54, 1.807) is 7.05 Å². The maximum atomic E-state index is 12.6. The molecule has 1 N–H and O–H groups in total. The fraction of sp³-hybridized carbons (Fsp3) is 0.440. The second kappa shape index (κ2) is 10.6. The molecular formula is C25H34N4O2. The fourth-order valence-corrected chi connectivity index (χ4v) is 4.12. The van der Waals surface area contributed by atoms with Crippen molar-refractivity contribution in [3.63, 3.8) is 0 Å². The highest BCUT2D eigenvalue weighted by atomic mass is 16.2. The highest BCUT2D eigenvalue weighted by molar-refractivity contribution is 5.96. The van der Waals surface area contributed by atoms with Gasteiger partial charge in [0.1, 0.15) is 0 Å². The van der Waals surface area contributed by atoms with Gasteiger partial charge in [0.25, 0.3) is 0 Å². The van der Waals surface area contributed by atoms with E-state index < -0.39 is 0 Å². The highest BCUT2D eigenvalue weighted by Crippen LogP contribution is 2.21. The van der Waals surface area contributed by atoms with Gasteiger partial charge in [-0.15, -0.1) is 0 Å². The molecule has 0 aromatic heterocycles. The van der Waals surface area contributed by atoms with Gasteiger partial charge in [-0.05, 0) is 37.5 Å². The van der Waals surface area contributed by atoms with Crippen LogP contribution in [-0.4, -0.2) is 72.8 Å². The number of benzene rings is 2. The van der Waals surface area contributed by atoms with Crippen molar-refractivity contribution in [3.05, 3.63) is 64.7 Å². The van der Waals surface area contributed by atoms with Crippen molar-refractivity contribution in [2.24, 2.45) is 0 Å². The number of carbonyl (C=O) groups is 2. The summed E-state index contributed by atoms with van der Waals surface area (Å²) in [4.78, 5) is 31.2. The molecule has 6 nitrogen and oxygen atoms in total. The standard InChI is InChI=1S/C25H34N4O2/c1-19-14-20(2)25(21(3)15-19)26-23(30)17-27(4)24(31)18-29-12-10-28(11-13-29)16-22-8-6-5-7-9-22/h5-9,14-15H,10-13,16-18H2,1-4H3,(H,26,30). The van der Waals surface area contributed by atoms with Crippen LogP contribution in [0.15, 0.2) is 42.5 Å². The van der Waals surface area contributed by atoms with E-state index in [-0.39, 0.29) is 18.4 Å². The number of carbonyl (C=O) groups excluding carboxylic acids is 2. The summed E-state index contributed by atoms with van der Waals surface area (Å²) in [5, 5.41) is 2.97. The number of nitrogens with one attached hydrogen (secondary N) is 1. The predicted molar refractivity (Wildman–Crippen MR) is 125 cm³/mol. The smallest absolute Gasteiger partial charge is 0.243 e. The number of aryl methyl sites for hydroxylation is 3. The third-order valence-electron chi connectivity index (χ3n) is 5.82. The molecule has 2 amide bonds. The molecule has 1 saturated heterocycles. The van der Waals surface area contributed by atoms with Crippen molar-refractivity contribution >= 4 is 17.5 Å². The molecule has 6 heteroatoms. The molecule has 0 aliphatic carbocycles. The molecule has 1 aliphatic rings. The van der Waals surface area contributed by atoms with Crippen LogP contribution < -0.4 is 5.32 Å². The minimum atomic E-state index is -0.168. The molecule has 0 atom stereocenters. The van der Waals surface area contributed by atoms with Crippen molar-refractivity contribution in [2.45, 2.75) is 27.3 Å². The summed E-state index contributed by atoms with van der Waals surface area (Å²) < 4.78 is 0. The van der Waals surface area contributed by atoms with Gasteiger partial charge in [0.15, 0.2) is 0 Å². The molecule has 1 fully saturated rings. The first-order valence-electron chi connectivity index (χ1n) is 10.9. The van der Waals surface area contributed by atoms with Crippen LogP contribution >= 0.6 is 0 Å². The van der Waals surface area contributed by atoms with Crippen LogP contribution in [0.3, 0.4) is 0 Å². The van der Waals surface area contributed by atoms with Crippen molar-refractivity contribution in [3.8, 4) is 0 Å². The number of piperazine rings is 1. The number of amides is 2. The molecule has 31 heavy (non-hydrogen) atoms. The first-order valence-corrected chi connectivity index (χ1v) is 10.9. The number of likely N-dealkylation sites (N-methyl/N-ethyl adjacent to an activating group) is 1. The lowest BCUT2D eigenvalue weighted by Gasteiger charge is -2.35. The van der Waals surface area contributed by atoms with Gasteiger partial charge in [0.05, 0.1) is 13.1 Å². The Bertz CT molecular complexity index is 882. The van der Waals surface area contributed by atoms with E-state index in [0.29, 0.717) is 6.54 Å². The second-order valence-electron chi connectivity index (χ2n) is 8.61. The van der Waals surface area contributed by atoms with Crippen LogP contribution in [0, 0.1) is 20.8 Å². The lowest BCUT2D eigenvalue weighted by Crippen LogP contribution is -2.49. The zero-order chi connectivity index (χ0) is 22.4. The Hall–Kier alpha value is -2.70. The average molecular weight is 423 g/mol. The van der Waals surface area contributed by atoms with Crippen molar-refractivity contribution < 1.29 is 9.59 Å². The molecule has 166 valence electrons. The van der Waals surface area contributed by atoms with Gasteiger partial charge < -0.3 is 10.2 Å². The van der Waals surface area contributed by atoms with Crippen LogP contribution in [0.1, 0.15) is 22.3 Å². The van der Waals surface area contributed by atoms with Crippen molar-refractivity contribution in [1.82, 2.24) is 14.7 Å². The molecule has 3 rings (SSSR count). The maximum absolute atomic E-state index is 12.6. The predicted octanol–water partition coefficient (Wildman–Crippen LogP) is 2.83. The fourth-order valence-electron chi connectivity index (χ4n) is 4.12. The van der Waals surface area contributed by atoms with Gasteiger partial charge in [-0.1, -0.05) is 48.0 Å². The summed E-state index contributed by atoms with van der Waals surface area (Å²) in [6.07, 6.45) is 0. The first kappa shape index (κ1) is 23.0. The molecule has 2 aromatic rings. The van der Waals surface area contributed by atoms with Gasteiger partial charge in [0.2, 0.25) is 11.8 Å². The van der Waals surface area contributed by atoms with Crippen LogP contribution in [0.4, 0.5) is 5.69 Å². The van der Waals surface area contributed by atoms with E-state index >= 15 is 0 Å². The zero-order valence-corrected chi connectivity index (χ0v) is 19.1. The first-order chi connectivity index (χ1) is 14.8. The van der Waals surface area contributed by atoms with Crippen molar-refractivity contribution in [1.29, 1.82) is 0 Å². The number of hydrogen-bond acceptors (Lipinski definition) is 4. The summed E-state index contributed by atoms with van der Waals surface area (Å²) in [5.74, 6) is -0.192. The third-order valence-corrected chi connectivity index (χ3v) is 5.82. The molecule has 1 heterocycles. The van der Waals surface area contributed by atoms with E-state index in [0.717, 1.165) is 49.5 Å². The van der Waals surface area contributed by atoms with Gasteiger partial charge in [-0.2, -0.15) is 0 Å². The van der Waals surface area contributed by atoms with E-state index in [1.807, 2.05) is 26.8 Å². The molecule has 0 bridgehead atoms. The maximum Gasteiger partial charge on any atom is 0.243 e. The Balaban J connectivity index is 1.43. The van der Waals surface area contributed by atoms with Crippen LogP contribution in [0.2, 0.25) is 0 Å². The van der Waals surface area contributed by atoms with Crippen LogP contribution in [0.5, 0.6) is 0 Å². The molecule has 1 aliphatic heterocycles. The summed E-state index contributed by atoms with van der Waals surface area (Å²) >= 11 is 0. The second-order valence-corrected chi connectivity index (χ2v) is 8.61. The molecular weight excluding hydrogens is 388 g/mol. The van der Waals surface area contributed by atoms with Crippen molar-refractivity contribution in [2.75, 3.05) is 51.6 Å². The zero-order valence-electron chi connectivity index (χ0n) is 19.1. The summed E-state index contributed by atoms with van der Waals surface area (Å²) in [7, 11) is 1.70. The van der Waals surface area contributed by atoms with E-state index in [1.165, 1.54) is 16.0 Å². The molecule has 0 saturated carbocycles. The van der Waals surface area contributed by atoms with E-state index in [4.69, 9.17) is 0 Å². The SMILES string of the molecule is Cc1cc(C)c(NC(=O)CN(C)C(=O)CN2CCN(Cc3ccccc3)CC2)c(C)c1. The lowest BCUT2D eigenvalue weighted by molar-refractivity contribution is -0.134. The number of anilines is 1. The van der Waals surface area contributed by atoms with Crippen LogP contribution in [-0.2, 0) is 16.1 Å². The molecule has 2 aromatic carbocycles. The van der Waals surface area contributed by atoms with Gasteiger partial charge in [-0.3, -0.25) is 19.4 Å². The summed E-state index contributed by atoms with van der Waals surface area (Å²) in [5.41, 5.74) is 5.40. The largest absolute Gasteiger partial charge is 0.335 e. The third kappa shape index (κ3) is 6.64. The normalized spacial score (nSPS) is 15.0.